The number of anilines is 2. The van der Waals surface area contributed by atoms with Gasteiger partial charge in [-0.2, -0.15) is 0 Å². The van der Waals surface area contributed by atoms with Crippen LogP contribution in [0.4, 0.5) is 17.1 Å². The Morgan fingerprint density at radius 1 is 1.12 bits per heavy atom. The fraction of sp³-hybridized carbons (Fsp3) is 0.278. The van der Waals surface area contributed by atoms with Crippen molar-refractivity contribution in [1.82, 2.24) is 4.90 Å². The molecule has 1 N–H and O–H groups in total. The molecule has 26 heavy (non-hydrogen) atoms. The van der Waals surface area contributed by atoms with Crippen molar-refractivity contribution in [2.24, 2.45) is 0 Å². The van der Waals surface area contributed by atoms with Crippen molar-refractivity contribution >= 4 is 34.6 Å². The molecule has 1 fully saturated rings. The van der Waals surface area contributed by atoms with Crippen LogP contribution in [0.5, 0.6) is 0 Å². The first kappa shape index (κ1) is 18.2. The van der Waals surface area contributed by atoms with Crippen LogP contribution in [0.25, 0.3) is 0 Å². The maximum absolute atomic E-state index is 12.2. The third-order valence-corrected chi connectivity index (χ3v) is 4.59. The third kappa shape index (κ3) is 4.50. The summed E-state index contributed by atoms with van der Waals surface area (Å²) in [6.07, 6.45) is 0. The fourth-order valence-corrected chi connectivity index (χ4v) is 3.21. The predicted molar refractivity (Wildman–Crippen MR) is 102 cm³/mol. The molecule has 1 aliphatic heterocycles. The minimum atomic E-state index is -0.483. The first-order valence-corrected chi connectivity index (χ1v) is 8.67. The van der Waals surface area contributed by atoms with E-state index in [1.54, 1.807) is 12.1 Å². The van der Waals surface area contributed by atoms with Gasteiger partial charge in [0.25, 0.3) is 5.69 Å². The van der Waals surface area contributed by atoms with E-state index in [-0.39, 0.29) is 18.1 Å². The predicted octanol–water partition coefficient (Wildman–Crippen LogP) is 3.01. The molecule has 0 radical (unpaired) electrons. The smallest absolute Gasteiger partial charge is 0.271 e. The summed E-state index contributed by atoms with van der Waals surface area (Å²) in [6.45, 7) is 3.31. The van der Waals surface area contributed by atoms with Crippen LogP contribution < -0.4 is 10.2 Å². The van der Waals surface area contributed by atoms with Gasteiger partial charge in [-0.15, -0.1) is 0 Å². The quantitative estimate of drug-likeness (QED) is 0.643. The largest absolute Gasteiger partial charge is 0.368 e. The molecule has 7 nitrogen and oxygen atoms in total. The number of hydrogen-bond donors (Lipinski definition) is 1. The number of nitrogens with one attached hydrogen (secondary N) is 1. The summed E-state index contributed by atoms with van der Waals surface area (Å²) in [5.74, 6) is -0.184. The highest BCUT2D eigenvalue weighted by molar-refractivity contribution is 6.33. The zero-order valence-corrected chi connectivity index (χ0v) is 14.9. The minimum Gasteiger partial charge on any atom is -0.368 e. The monoisotopic (exact) mass is 374 g/mol. The van der Waals surface area contributed by atoms with Crippen molar-refractivity contribution in [3.05, 3.63) is 63.7 Å². The highest BCUT2D eigenvalue weighted by atomic mass is 35.5. The van der Waals surface area contributed by atoms with Gasteiger partial charge in [0, 0.05) is 44.0 Å². The maximum atomic E-state index is 12.2. The number of non-ortho nitro benzene ring substituents is 1. The van der Waals surface area contributed by atoms with Gasteiger partial charge in [0.05, 0.1) is 22.2 Å². The average molecular weight is 375 g/mol. The molecule has 0 bridgehead atoms. The van der Waals surface area contributed by atoms with Crippen molar-refractivity contribution in [3.8, 4) is 0 Å². The lowest BCUT2D eigenvalue weighted by Gasteiger charge is -2.36. The van der Waals surface area contributed by atoms with E-state index >= 15 is 0 Å². The van der Waals surface area contributed by atoms with Gasteiger partial charge in [-0.1, -0.05) is 29.8 Å². The maximum Gasteiger partial charge on any atom is 0.271 e. The number of hydrogen-bond acceptors (Lipinski definition) is 5. The van der Waals surface area contributed by atoms with E-state index in [2.05, 4.69) is 15.1 Å². The lowest BCUT2D eigenvalue weighted by molar-refractivity contribution is -0.384. The topological polar surface area (TPSA) is 78.7 Å². The Morgan fingerprint density at radius 3 is 2.54 bits per heavy atom. The Hall–Kier alpha value is -2.64. The number of nitro benzene ring substituents is 1. The molecule has 2 aromatic rings. The van der Waals surface area contributed by atoms with Gasteiger partial charge < -0.3 is 10.2 Å². The van der Waals surface area contributed by atoms with Crippen molar-refractivity contribution in [2.75, 3.05) is 42.9 Å². The second-order valence-electron chi connectivity index (χ2n) is 6.07. The summed E-state index contributed by atoms with van der Waals surface area (Å²) in [6, 6.07) is 13.7. The molecule has 2 aromatic carbocycles. The third-order valence-electron chi connectivity index (χ3n) is 4.27. The summed E-state index contributed by atoms with van der Waals surface area (Å²) < 4.78 is 0. The van der Waals surface area contributed by atoms with Crippen LogP contribution in [0.3, 0.4) is 0 Å². The molecule has 1 amide bonds. The van der Waals surface area contributed by atoms with E-state index < -0.39 is 4.92 Å². The summed E-state index contributed by atoms with van der Waals surface area (Å²) in [4.78, 5) is 26.8. The molecule has 0 aliphatic carbocycles. The number of halogens is 1. The summed E-state index contributed by atoms with van der Waals surface area (Å²) in [7, 11) is 0. The highest BCUT2D eigenvalue weighted by Gasteiger charge is 2.20. The van der Waals surface area contributed by atoms with Crippen LogP contribution in [-0.4, -0.2) is 48.5 Å². The highest BCUT2D eigenvalue weighted by Crippen LogP contribution is 2.26. The molecule has 0 spiro atoms. The lowest BCUT2D eigenvalue weighted by atomic mass is 10.2. The molecule has 1 aliphatic rings. The van der Waals surface area contributed by atoms with Crippen LogP contribution in [0.1, 0.15) is 0 Å². The molecule has 1 saturated heterocycles. The molecule has 0 unspecified atom stereocenters. The second kappa shape index (κ2) is 8.16. The van der Waals surface area contributed by atoms with Crippen molar-refractivity contribution in [3.63, 3.8) is 0 Å². The van der Waals surface area contributed by atoms with Gasteiger partial charge in [0.2, 0.25) is 5.91 Å². The SMILES string of the molecule is O=C(CN1CCN(c2ccccc2Cl)CC1)Nc1cccc([N+](=O)[O-])c1. The van der Waals surface area contributed by atoms with Gasteiger partial charge in [0.1, 0.15) is 0 Å². The van der Waals surface area contributed by atoms with Crippen molar-refractivity contribution in [2.45, 2.75) is 0 Å². The number of para-hydroxylation sites is 1. The summed E-state index contributed by atoms with van der Waals surface area (Å²) in [5, 5.41) is 14.2. The van der Waals surface area contributed by atoms with E-state index in [4.69, 9.17) is 11.6 Å². The van der Waals surface area contributed by atoms with Gasteiger partial charge in [-0.3, -0.25) is 19.8 Å². The summed E-state index contributed by atoms with van der Waals surface area (Å²) in [5.41, 5.74) is 1.39. The first-order chi connectivity index (χ1) is 12.5. The van der Waals surface area contributed by atoms with Crippen LogP contribution in [0, 0.1) is 10.1 Å². The number of nitro groups is 1. The van der Waals surface area contributed by atoms with E-state index in [1.165, 1.54) is 12.1 Å². The fourth-order valence-electron chi connectivity index (χ4n) is 2.96. The number of benzene rings is 2. The van der Waals surface area contributed by atoms with E-state index in [0.717, 1.165) is 36.9 Å². The first-order valence-electron chi connectivity index (χ1n) is 8.29. The zero-order chi connectivity index (χ0) is 18.5. The van der Waals surface area contributed by atoms with Gasteiger partial charge in [-0.05, 0) is 18.2 Å². The van der Waals surface area contributed by atoms with Crippen molar-refractivity contribution < 1.29 is 9.72 Å². The number of piperazine rings is 1. The Kier molecular flexibility index (Phi) is 5.70. The number of amides is 1. The number of carbonyl (C=O) groups excluding carboxylic acids is 1. The number of rotatable bonds is 5. The molecule has 136 valence electrons. The van der Waals surface area contributed by atoms with Crippen molar-refractivity contribution in [1.29, 1.82) is 0 Å². The molecular weight excluding hydrogens is 356 g/mol. The molecule has 3 rings (SSSR count). The van der Waals surface area contributed by atoms with Crippen LogP contribution in [0.15, 0.2) is 48.5 Å². The van der Waals surface area contributed by atoms with E-state index in [0.29, 0.717) is 5.69 Å². The Morgan fingerprint density at radius 2 is 1.85 bits per heavy atom. The van der Waals surface area contributed by atoms with Gasteiger partial charge >= 0.3 is 0 Å². The van der Waals surface area contributed by atoms with Crippen LogP contribution >= 0.6 is 11.6 Å². The van der Waals surface area contributed by atoms with E-state index in [1.807, 2.05) is 24.3 Å². The molecule has 8 heteroatoms. The van der Waals surface area contributed by atoms with Crippen LogP contribution in [-0.2, 0) is 4.79 Å². The molecule has 0 saturated carbocycles. The zero-order valence-electron chi connectivity index (χ0n) is 14.1. The minimum absolute atomic E-state index is 0.0452. The molecule has 0 aromatic heterocycles. The normalized spacial score (nSPS) is 14.9. The molecular formula is C18H19ClN4O3. The molecule has 1 heterocycles. The number of carbonyl (C=O) groups is 1. The van der Waals surface area contributed by atoms with Gasteiger partial charge in [-0.25, -0.2) is 0 Å². The summed E-state index contributed by atoms with van der Waals surface area (Å²) >= 11 is 6.24. The standard InChI is InChI=1S/C18H19ClN4O3/c19-16-6-1-2-7-17(16)22-10-8-21(9-11-22)13-18(24)20-14-4-3-5-15(12-14)23(25)26/h1-7,12H,8-11,13H2,(H,20,24). The average Bonchev–Trinajstić information content (AvgIpc) is 2.63. The van der Waals surface area contributed by atoms with Gasteiger partial charge in [0.15, 0.2) is 0 Å². The molecule has 0 atom stereocenters. The Labute approximate surface area is 156 Å². The van der Waals surface area contributed by atoms with Crippen LogP contribution in [0.2, 0.25) is 5.02 Å². The van der Waals surface area contributed by atoms with E-state index in [9.17, 15) is 14.9 Å². The lowest BCUT2D eigenvalue weighted by Crippen LogP contribution is -2.48. The number of nitrogens with zero attached hydrogens (tertiary/aromatic N) is 3. The Bertz CT molecular complexity index is 807. The Balaban J connectivity index is 1.51. The second-order valence-corrected chi connectivity index (χ2v) is 6.48.